The van der Waals surface area contributed by atoms with Crippen LogP contribution >= 0.6 is 7.82 Å². The molecular formula is C12H19O11P. The fraction of sp³-hybridized carbons (Fsp3) is 0.750. The van der Waals surface area contributed by atoms with E-state index in [1.54, 1.807) is 0 Å². The van der Waals surface area contributed by atoms with Crippen LogP contribution in [0.25, 0.3) is 0 Å². The molecule has 1 heterocycles. The molecule has 1 aliphatic rings. The van der Waals surface area contributed by atoms with E-state index in [1.807, 2.05) is 0 Å². The van der Waals surface area contributed by atoms with E-state index in [2.05, 4.69) is 4.52 Å². The second kappa shape index (κ2) is 8.04. The van der Waals surface area contributed by atoms with Gasteiger partial charge in [-0.1, -0.05) is 0 Å². The van der Waals surface area contributed by atoms with Crippen molar-refractivity contribution in [2.24, 2.45) is 0 Å². The maximum absolute atomic E-state index is 11.3. The lowest BCUT2D eigenvalue weighted by Gasteiger charge is -2.43. The Bertz CT molecular complexity index is 541. The van der Waals surface area contributed by atoms with Gasteiger partial charge in [0.15, 0.2) is 18.3 Å². The molecule has 0 saturated carbocycles. The average molecular weight is 370 g/mol. The summed E-state index contributed by atoms with van der Waals surface area (Å²) in [5.74, 6) is -2.36. The molecule has 138 valence electrons. The number of phosphoric ester groups is 1. The lowest BCUT2D eigenvalue weighted by Crippen LogP contribution is -2.60. The van der Waals surface area contributed by atoms with Gasteiger partial charge in [0.1, 0.15) is 0 Å². The summed E-state index contributed by atoms with van der Waals surface area (Å²) in [6.07, 6.45) is -6.81. The Labute approximate surface area is 137 Å². The molecule has 1 rings (SSSR count). The zero-order chi connectivity index (χ0) is 18.7. The van der Waals surface area contributed by atoms with Crippen molar-refractivity contribution in [2.45, 2.75) is 58.4 Å². The number of carbonyl (C=O) groups excluding carboxylic acids is 3. The molecule has 0 aromatic heterocycles. The molecule has 0 bridgehead atoms. The van der Waals surface area contributed by atoms with Crippen LogP contribution in [0.2, 0.25) is 0 Å². The average Bonchev–Trinajstić information content (AvgIpc) is 2.35. The highest BCUT2D eigenvalue weighted by atomic mass is 31.2. The van der Waals surface area contributed by atoms with Gasteiger partial charge in [-0.25, -0.2) is 4.57 Å². The number of hydrogen-bond acceptors (Lipinski definition) is 9. The smallest absolute Gasteiger partial charge is 0.456 e. The van der Waals surface area contributed by atoms with E-state index in [9.17, 15) is 18.9 Å². The molecule has 1 saturated heterocycles. The molecule has 12 heteroatoms. The summed E-state index contributed by atoms with van der Waals surface area (Å²) in [5.41, 5.74) is 0. The summed E-state index contributed by atoms with van der Waals surface area (Å²) in [7, 11) is -5.01. The maximum Gasteiger partial charge on any atom is 0.472 e. The van der Waals surface area contributed by atoms with Crippen LogP contribution in [0.1, 0.15) is 27.7 Å². The maximum atomic E-state index is 11.3. The zero-order valence-corrected chi connectivity index (χ0v) is 14.3. The number of rotatable bonds is 5. The molecule has 0 unspecified atom stereocenters. The van der Waals surface area contributed by atoms with Crippen LogP contribution < -0.4 is 0 Å². The molecule has 1 fully saturated rings. The summed E-state index contributed by atoms with van der Waals surface area (Å²) in [4.78, 5) is 51.8. The van der Waals surface area contributed by atoms with Crippen molar-refractivity contribution in [1.82, 2.24) is 0 Å². The standard InChI is InChI=1S/C12H19O11P/c1-5-9(20-6(2)13)10(21-7(3)14)11(22-8(4)15)12(19-5)23-24(16,17)18/h5,9-12H,1-4H3,(H2,16,17,18)/t5-,9+,10+,11-,12-/m0/s1. The first-order valence-corrected chi connectivity index (χ1v) is 8.35. The highest BCUT2D eigenvalue weighted by Gasteiger charge is 2.52. The van der Waals surface area contributed by atoms with E-state index in [1.165, 1.54) is 6.92 Å². The largest absolute Gasteiger partial charge is 0.472 e. The molecule has 11 nitrogen and oxygen atoms in total. The van der Waals surface area contributed by atoms with Crippen LogP contribution in [0.5, 0.6) is 0 Å². The van der Waals surface area contributed by atoms with E-state index in [4.69, 9.17) is 28.7 Å². The third-order valence-corrected chi connectivity index (χ3v) is 3.36. The predicted molar refractivity (Wildman–Crippen MR) is 74.1 cm³/mol. The van der Waals surface area contributed by atoms with E-state index in [-0.39, 0.29) is 0 Å². The first-order chi connectivity index (χ1) is 10.9. The number of carbonyl (C=O) groups is 3. The first-order valence-electron chi connectivity index (χ1n) is 6.81. The van der Waals surface area contributed by atoms with Crippen LogP contribution in [0.15, 0.2) is 0 Å². The van der Waals surface area contributed by atoms with Gasteiger partial charge in [-0.15, -0.1) is 0 Å². The topological polar surface area (TPSA) is 155 Å². The lowest BCUT2D eigenvalue weighted by atomic mass is 9.99. The van der Waals surface area contributed by atoms with Crippen molar-refractivity contribution in [3.63, 3.8) is 0 Å². The van der Waals surface area contributed by atoms with Crippen LogP contribution in [0, 0.1) is 0 Å². The third-order valence-electron chi connectivity index (χ3n) is 2.87. The fourth-order valence-electron chi connectivity index (χ4n) is 2.19. The van der Waals surface area contributed by atoms with Gasteiger partial charge < -0.3 is 28.7 Å². The second-order valence-electron chi connectivity index (χ2n) is 5.03. The number of ether oxygens (including phenoxy) is 4. The molecule has 0 spiro atoms. The Morgan fingerprint density at radius 3 is 1.71 bits per heavy atom. The Balaban J connectivity index is 3.21. The van der Waals surface area contributed by atoms with Gasteiger partial charge in [0.2, 0.25) is 6.29 Å². The van der Waals surface area contributed by atoms with Gasteiger partial charge in [0, 0.05) is 20.8 Å². The van der Waals surface area contributed by atoms with Crippen molar-refractivity contribution in [3.8, 4) is 0 Å². The predicted octanol–water partition coefficient (Wildman–Crippen LogP) is -0.364. The zero-order valence-electron chi connectivity index (χ0n) is 13.4. The van der Waals surface area contributed by atoms with E-state index < -0.39 is 56.4 Å². The molecular weight excluding hydrogens is 351 g/mol. The molecule has 1 aliphatic heterocycles. The molecule has 0 aromatic carbocycles. The van der Waals surface area contributed by atoms with Crippen LogP contribution in [-0.4, -0.2) is 58.4 Å². The summed E-state index contributed by atoms with van der Waals surface area (Å²) < 4.78 is 35.8. The van der Waals surface area contributed by atoms with Gasteiger partial charge in [0.05, 0.1) is 6.10 Å². The monoisotopic (exact) mass is 370 g/mol. The third kappa shape index (κ3) is 6.17. The van der Waals surface area contributed by atoms with Crippen molar-refractivity contribution in [2.75, 3.05) is 0 Å². The number of esters is 3. The summed E-state index contributed by atoms with van der Waals surface area (Å²) in [6, 6.07) is 0. The van der Waals surface area contributed by atoms with Crippen molar-refractivity contribution in [3.05, 3.63) is 0 Å². The molecule has 0 aromatic rings. The van der Waals surface area contributed by atoms with Crippen LogP contribution in [0.4, 0.5) is 0 Å². The molecule has 2 N–H and O–H groups in total. The molecule has 0 radical (unpaired) electrons. The van der Waals surface area contributed by atoms with Gasteiger partial charge in [-0.05, 0) is 6.92 Å². The van der Waals surface area contributed by atoms with Crippen molar-refractivity contribution >= 4 is 25.7 Å². The van der Waals surface area contributed by atoms with Crippen molar-refractivity contribution in [1.29, 1.82) is 0 Å². The van der Waals surface area contributed by atoms with E-state index >= 15 is 0 Å². The second-order valence-corrected chi connectivity index (χ2v) is 6.22. The quantitative estimate of drug-likeness (QED) is 0.370. The summed E-state index contributed by atoms with van der Waals surface area (Å²) in [5, 5.41) is 0. The Hall–Kier alpha value is -1.52. The highest BCUT2D eigenvalue weighted by molar-refractivity contribution is 7.46. The Morgan fingerprint density at radius 1 is 0.875 bits per heavy atom. The summed E-state index contributed by atoms with van der Waals surface area (Å²) >= 11 is 0. The molecule has 0 aliphatic carbocycles. The summed E-state index contributed by atoms with van der Waals surface area (Å²) in [6.45, 7) is 4.60. The molecule has 24 heavy (non-hydrogen) atoms. The van der Waals surface area contributed by atoms with Crippen LogP contribution in [-0.2, 0) is 42.4 Å². The van der Waals surface area contributed by atoms with Crippen molar-refractivity contribution < 1.29 is 52.2 Å². The number of hydrogen-bond donors (Lipinski definition) is 2. The Morgan fingerprint density at radius 2 is 1.29 bits per heavy atom. The van der Waals surface area contributed by atoms with Gasteiger partial charge in [0.25, 0.3) is 0 Å². The fourth-order valence-corrected chi connectivity index (χ4v) is 2.63. The normalized spacial score (nSPS) is 30.3. The SMILES string of the molecule is CC(=O)O[C@H]1[C@H](OC(C)=O)[C@H](OP(=O)(O)O)O[C@@H](C)[C@H]1OC(C)=O. The van der Waals surface area contributed by atoms with E-state index in [0.717, 1.165) is 20.8 Å². The first kappa shape index (κ1) is 20.5. The van der Waals surface area contributed by atoms with Crippen LogP contribution in [0.3, 0.4) is 0 Å². The van der Waals surface area contributed by atoms with E-state index in [0.29, 0.717) is 0 Å². The molecule has 5 atom stereocenters. The lowest BCUT2D eigenvalue weighted by molar-refractivity contribution is -0.283. The molecule has 0 amide bonds. The minimum absolute atomic E-state index is 0.719. The number of phosphoric acid groups is 1. The minimum atomic E-state index is -5.01. The minimum Gasteiger partial charge on any atom is -0.456 e. The highest BCUT2D eigenvalue weighted by Crippen LogP contribution is 2.42. The van der Waals surface area contributed by atoms with Gasteiger partial charge in [-0.3, -0.25) is 18.9 Å². The Kier molecular flexibility index (Phi) is 6.87. The van der Waals surface area contributed by atoms with Gasteiger partial charge in [-0.2, -0.15) is 0 Å². The van der Waals surface area contributed by atoms with Gasteiger partial charge >= 0.3 is 25.7 Å².